The first-order valence-electron chi connectivity index (χ1n) is 17.9. The van der Waals surface area contributed by atoms with Gasteiger partial charge in [-0.15, -0.1) is 0 Å². The van der Waals surface area contributed by atoms with Crippen molar-refractivity contribution in [3.63, 3.8) is 0 Å². The van der Waals surface area contributed by atoms with Crippen LogP contribution in [0.3, 0.4) is 0 Å². The highest BCUT2D eigenvalue weighted by molar-refractivity contribution is 7.89. The van der Waals surface area contributed by atoms with Gasteiger partial charge < -0.3 is 10.2 Å². The number of hydrogen-bond acceptors (Lipinski definition) is 8. The Bertz CT molecular complexity index is 1820. The molecule has 0 radical (unpaired) electrons. The highest BCUT2D eigenvalue weighted by Crippen LogP contribution is 2.32. The van der Waals surface area contributed by atoms with Crippen molar-refractivity contribution in [2.75, 3.05) is 18.4 Å². The van der Waals surface area contributed by atoms with Gasteiger partial charge in [0.1, 0.15) is 12.2 Å². The zero-order chi connectivity index (χ0) is 36.4. The van der Waals surface area contributed by atoms with Crippen molar-refractivity contribution in [3.8, 4) is 0 Å². The molecule has 1 unspecified atom stereocenters. The van der Waals surface area contributed by atoms with Gasteiger partial charge in [0.15, 0.2) is 6.04 Å². The van der Waals surface area contributed by atoms with Crippen LogP contribution in [-0.4, -0.2) is 65.4 Å². The number of amides is 4. The molecule has 1 atom stereocenters. The van der Waals surface area contributed by atoms with Gasteiger partial charge >= 0.3 is 6.03 Å². The molecular weight excluding hydrogens is 710 g/mol. The second-order valence-corrected chi connectivity index (χ2v) is 16.2. The molecule has 3 aromatic rings. The quantitative estimate of drug-likeness (QED) is 0.0540. The number of urea groups is 1. The van der Waals surface area contributed by atoms with Crippen LogP contribution in [0.4, 0.5) is 10.5 Å². The van der Waals surface area contributed by atoms with E-state index in [-0.39, 0.29) is 40.9 Å². The van der Waals surface area contributed by atoms with E-state index in [4.69, 9.17) is 11.6 Å². The fraction of sp³-hybridized carbons (Fsp3) is 0.486. The number of aryl methyl sites for hydroxylation is 1. The lowest BCUT2D eigenvalue weighted by molar-refractivity contribution is -0.131. The number of fused-ring (bicyclic) bond motifs is 1. The lowest BCUT2D eigenvalue weighted by Gasteiger charge is -2.25. The van der Waals surface area contributed by atoms with E-state index in [0.717, 1.165) is 48.1 Å². The highest BCUT2D eigenvalue weighted by atomic mass is 35.5. The smallest absolute Gasteiger partial charge is 0.322 e. The molecule has 14 heteroatoms. The van der Waals surface area contributed by atoms with Gasteiger partial charge in [0, 0.05) is 18.0 Å². The molecule has 11 nitrogen and oxygen atoms in total. The van der Waals surface area contributed by atoms with E-state index in [0.29, 0.717) is 17.7 Å². The lowest BCUT2D eigenvalue weighted by atomic mass is 10.0. The van der Waals surface area contributed by atoms with Crippen molar-refractivity contribution >= 4 is 62.5 Å². The minimum Gasteiger partial charge on any atom is -0.322 e. The zero-order valence-electron chi connectivity index (χ0n) is 29.0. The van der Waals surface area contributed by atoms with Crippen LogP contribution in [0.15, 0.2) is 53.4 Å². The van der Waals surface area contributed by atoms with Crippen LogP contribution >= 0.6 is 23.1 Å². The first-order valence-corrected chi connectivity index (χ1v) is 20.5. The van der Waals surface area contributed by atoms with Crippen LogP contribution in [0.2, 0.25) is 5.02 Å². The van der Waals surface area contributed by atoms with E-state index < -0.39 is 39.7 Å². The number of sulfonamides is 1. The Morgan fingerprint density at radius 3 is 2.33 bits per heavy atom. The first kappa shape index (κ1) is 38.6. The summed E-state index contributed by atoms with van der Waals surface area (Å²) in [6.07, 6.45) is 13.5. The molecule has 1 aliphatic heterocycles. The molecule has 274 valence electrons. The molecule has 51 heavy (non-hydrogen) atoms. The second-order valence-electron chi connectivity index (χ2n) is 13.2. The molecule has 1 aromatic heterocycles. The lowest BCUT2D eigenvalue weighted by Crippen LogP contribution is -2.52. The summed E-state index contributed by atoms with van der Waals surface area (Å²) in [5, 5.41) is 2.57. The van der Waals surface area contributed by atoms with Gasteiger partial charge in [-0.25, -0.2) is 22.8 Å². The Labute approximate surface area is 309 Å². The van der Waals surface area contributed by atoms with Crippen molar-refractivity contribution in [1.29, 1.82) is 0 Å². The zero-order valence-corrected chi connectivity index (χ0v) is 31.4. The molecule has 4 amide bonds. The number of nitrogens with zero attached hydrogens (tertiary/aromatic N) is 3. The van der Waals surface area contributed by atoms with E-state index in [1.807, 2.05) is 30.3 Å². The maximum absolute atomic E-state index is 14.1. The van der Waals surface area contributed by atoms with Gasteiger partial charge in [0.05, 0.1) is 15.6 Å². The standard InChI is InChI=1S/C37H46ClN5O6S2/c1-2-3-4-5-6-7-8-9-10-14-22-39-51(48,49)27-20-21-29(38)30(23-27)40-36(46)34(35(45)33-28-18-15-19-31(28)50-41-33)43-32(44)25-42(37(43)47)24-26-16-12-11-13-17-26/h11-13,16-17,20-21,23,34,39H,2-10,14-15,18-19,22,24-25H2,1H3,(H,40,46). The number of halogens is 1. The fourth-order valence-electron chi connectivity index (χ4n) is 6.52. The molecule has 1 fully saturated rings. The summed E-state index contributed by atoms with van der Waals surface area (Å²) in [7, 11) is -3.96. The summed E-state index contributed by atoms with van der Waals surface area (Å²) < 4.78 is 33.3. The summed E-state index contributed by atoms with van der Waals surface area (Å²) in [6, 6.07) is 10.3. The number of benzene rings is 2. The van der Waals surface area contributed by atoms with Gasteiger partial charge in [0.25, 0.3) is 11.8 Å². The molecule has 2 heterocycles. The van der Waals surface area contributed by atoms with Crippen molar-refractivity contribution in [2.45, 2.75) is 108 Å². The number of aromatic nitrogens is 1. The number of unbranched alkanes of at least 4 members (excludes halogenated alkanes) is 9. The summed E-state index contributed by atoms with van der Waals surface area (Å²) in [4.78, 5) is 58.0. The maximum Gasteiger partial charge on any atom is 0.328 e. The molecule has 2 aliphatic rings. The van der Waals surface area contributed by atoms with Crippen molar-refractivity contribution in [3.05, 3.63) is 75.3 Å². The Kier molecular flexibility index (Phi) is 13.8. The van der Waals surface area contributed by atoms with E-state index in [9.17, 15) is 27.6 Å². The molecule has 0 bridgehead atoms. The Morgan fingerprint density at radius 2 is 1.63 bits per heavy atom. The third kappa shape index (κ3) is 9.82. The highest BCUT2D eigenvalue weighted by Gasteiger charge is 2.48. The molecular formula is C37H46ClN5O6S2. The number of rotatable bonds is 20. The Balaban J connectivity index is 1.27. The molecule has 2 N–H and O–H groups in total. The monoisotopic (exact) mass is 755 g/mol. The maximum atomic E-state index is 14.1. The Morgan fingerprint density at radius 1 is 0.941 bits per heavy atom. The van der Waals surface area contributed by atoms with E-state index in [1.54, 1.807) is 0 Å². The van der Waals surface area contributed by atoms with Crippen LogP contribution in [0, 0.1) is 0 Å². The van der Waals surface area contributed by atoms with E-state index in [2.05, 4.69) is 21.3 Å². The number of ketones is 1. The van der Waals surface area contributed by atoms with Gasteiger partial charge in [-0.2, -0.15) is 4.37 Å². The Hall–Kier alpha value is -3.65. The third-order valence-corrected chi connectivity index (χ3v) is 12.0. The number of carbonyl (C=O) groups excluding carboxylic acids is 4. The summed E-state index contributed by atoms with van der Waals surface area (Å²) in [6.45, 7) is 2.25. The summed E-state index contributed by atoms with van der Waals surface area (Å²) >= 11 is 7.60. The van der Waals surface area contributed by atoms with Gasteiger partial charge in [-0.1, -0.05) is 107 Å². The van der Waals surface area contributed by atoms with Crippen molar-refractivity contribution in [1.82, 2.24) is 18.9 Å². The predicted octanol–water partition coefficient (Wildman–Crippen LogP) is 7.14. The number of imide groups is 1. The minimum absolute atomic E-state index is 0.0162. The van der Waals surface area contributed by atoms with Gasteiger partial charge in [-0.3, -0.25) is 14.4 Å². The normalized spacial score (nSPS) is 15.0. The topological polar surface area (TPSA) is 146 Å². The second kappa shape index (κ2) is 18.2. The summed E-state index contributed by atoms with van der Waals surface area (Å²) in [5.74, 6) is -2.50. The molecule has 5 rings (SSSR count). The largest absolute Gasteiger partial charge is 0.328 e. The van der Waals surface area contributed by atoms with Crippen molar-refractivity contribution in [2.24, 2.45) is 0 Å². The van der Waals surface area contributed by atoms with Crippen LogP contribution in [0.5, 0.6) is 0 Å². The minimum atomic E-state index is -3.96. The van der Waals surface area contributed by atoms with Crippen LogP contribution in [-0.2, 0) is 39.0 Å². The number of carbonyl (C=O) groups is 4. The number of hydrogen-bond donors (Lipinski definition) is 2. The van der Waals surface area contributed by atoms with E-state index >= 15 is 0 Å². The number of nitrogens with one attached hydrogen (secondary N) is 2. The molecule has 0 saturated carbocycles. The van der Waals surface area contributed by atoms with Crippen LogP contribution in [0.25, 0.3) is 0 Å². The number of Topliss-reactive ketones (excluding diaryl/α,β-unsaturated/α-hetero) is 1. The van der Waals surface area contributed by atoms with Crippen LogP contribution < -0.4 is 10.0 Å². The van der Waals surface area contributed by atoms with Crippen molar-refractivity contribution < 1.29 is 27.6 Å². The summed E-state index contributed by atoms with van der Waals surface area (Å²) in [5.41, 5.74) is 1.48. The van der Waals surface area contributed by atoms with Gasteiger partial charge in [0.2, 0.25) is 15.8 Å². The predicted molar refractivity (Wildman–Crippen MR) is 198 cm³/mol. The van der Waals surface area contributed by atoms with Gasteiger partial charge in [-0.05, 0) is 66.5 Å². The van der Waals surface area contributed by atoms with E-state index in [1.165, 1.54) is 73.2 Å². The number of anilines is 1. The average molecular weight is 756 g/mol. The molecule has 2 aromatic carbocycles. The average Bonchev–Trinajstić information content (AvgIpc) is 3.81. The van der Waals surface area contributed by atoms with Crippen LogP contribution in [0.1, 0.15) is 104 Å². The fourth-order valence-corrected chi connectivity index (χ4v) is 8.73. The SMILES string of the molecule is CCCCCCCCCCCCNS(=O)(=O)c1ccc(Cl)c(NC(=O)C(C(=O)c2nsc3c2CCC3)N2C(=O)CN(Cc3ccccc3)C2=O)c1. The third-order valence-electron chi connectivity index (χ3n) is 9.30. The molecule has 1 saturated heterocycles. The molecule has 1 aliphatic carbocycles. The molecule has 0 spiro atoms. The first-order chi connectivity index (χ1) is 24.6.